The molecule has 0 atom stereocenters. The summed E-state index contributed by atoms with van der Waals surface area (Å²) in [7, 11) is 0. The zero-order valence-electron chi connectivity index (χ0n) is 11.7. The van der Waals surface area contributed by atoms with Crippen molar-refractivity contribution in [2.75, 3.05) is 6.54 Å². The van der Waals surface area contributed by atoms with Gasteiger partial charge in [-0.3, -0.25) is 9.58 Å². The topological polar surface area (TPSA) is 38.9 Å². The molecule has 4 heterocycles. The Bertz CT molecular complexity index is 699. The number of rotatable bonds is 4. The van der Waals surface area contributed by atoms with Crippen LogP contribution in [-0.2, 0) is 26.2 Å². The Kier molecular flexibility index (Phi) is 3.33. The minimum atomic E-state index is 0.748. The molecule has 4 rings (SSSR count). The molecule has 0 bridgehead atoms. The SMILES string of the molecule is c1cnn(Cc2cn3c(n2)CN(Cc2ccsc2)CC3)c1. The smallest absolute Gasteiger partial charge is 0.123 e. The van der Waals surface area contributed by atoms with Gasteiger partial charge in [-0.25, -0.2) is 4.98 Å². The maximum Gasteiger partial charge on any atom is 0.123 e. The monoisotopic (exact) mass is 299 g/mol. The number of imidazole rings is 1. The van der Waals surface area contributed by atoms with Crippen molar-refractivity contribution >= 4 is 11.3 Å². The molecule has 0 radical (unpaired) electrons. The highest BCUT2D eigenvalue weighted by molar-refractivity contribution is 7.07. The number of fused-ring (bicyclic) bond motifs is 1. The van der Waals surface area contributed by atoms with Gasteiger partial charge in [0.1, 0.15) is 5.82 Å². The molecule has 0 spiro atoms. The molecule has 1 aliphatic rings. The van der Waals surface area contributed by atoms with Crippen LogP contribution in [0.25, 0.3) is 0 Å². The van der Waals surface area contributed by atoms with E-state index in [4.69, 9.17) is 4.98 Å². The lowest BCUT2D eigenvalue weighted by Gasteiger charge is -2.27. The number of aromatic nitrogens is 4. The molecular formula is C15H17N5S. The third-order valence-electron chi connectivity index (χ3n) is 3.80. The molecule has 0 aromatic carbocycles. The van der Waals surface area contributed by atoms with Crippen LogP contribution in [0.3, 0.4) is 0 Å². The van der Waals surface area contributed by atoms with Crippen molar-refractivity contribution in [2.45, 2.75) is 26.2 Å². The van der Waals surface area contributed by atoms with Crippen molar-refractivity contribution in [3.63, 3.8) is 0 Å². The Hall–Kier alpha value is -1.92. The van der Waals surface area contributed by atoms with Crippen LogP contribution in [0.4, 0.5) is 0 Å². The second kappa shape index (κ2) is 5.46. The van der Waals surface area contributed by atoms with Crippen molar-refractivity contribution in [3.05, 3.63) is 58.6 Å². The average Bonchev–Trinajstić information content (AvgIpc) is 3.19. The van der Waals surface area contributed by atoms with Crippen LogP contribution in [0.5, 0.6) is 0 Å². The van der Waals surface area contributed by atoms with E-state index in [2.05, 4.69) is 37.6 Å². The van der Waals surface area contributed by atoms with Crippen LogP contribution in [0.1, 0.15) is 17.1 Å². The lowest BCUT2D eigenvalue weighted by atomic mass is 10.3. The van der Waals surface area contributed by atoms with Gasteiger partial charge >= 0.3 is 0 Å². The zero-order chi connectivity index (χ0) is 14.1. The molecule has 0 amide bonds. The second-order valence-corrected chi connectivity index (χ2v) is 6.17. The van der Waals surface area contributed by atoms with E-state index in [9.17, 15) is 0 Å². The fourth-order valence-corrected chi connectivity index (χ4v) is 3.43. The summed E-state index contributed by atoms with van der Waals surface area (Å²) in [5.74, 6) is 1.17. The number of nitrogens with zero attached hydrogens (tertiary/aromatic N) is 5. The van der Waals surface area contributed by atoms with Crippen LogP contribution in [0, 0.1) is 0 Å². The van der Waals surface area contributed by atoms with Gasteiger partial charge in [-0.2, -0.15) is 16.4 Å². The van der Waals surface area contributed by atoms with Crippen LogP contribution in [-0.4, -0.2) is 30.8 Å². The molecule has 6 heteroatoms. The Morgan fingerprint density at radius 3 is 3.05 bits per heavy atom. The summed E-state index contributed by atoms with van der Waals surface area (Å²) < 4.78 is 4.19. The molecule has 0 unspecified atom stereocenters. The molecule has 108 valence electrons. The third-order valence-corrected chi connectivity index (χ3v) is 4.53. The Morgan fingerprint density at radius 2 is 2.24 bits per heavy atom. The Balaban J connectivity index is 1.46. The van der Waals surface area contributed by atoms with Crippen LogP contribution in [0.2, 0.25) is 0 Å². The van der Waals surface area contributed by atoms with Crippen molar-refractivity contribution in [3.8, 4) is 0 Å². The Morgan fingerprint density at radius 1 is 1.24 bits per heavy atom. The predicted molar refractivity (Wildman–Crippen MR) is 82.0 cm³/mol. The van der Waals surface area contributed by atoms with E-state index in [0.29, 0.717) is 0 Å². The normalized spacial score (nSPS) is 15.2. The van der Waals surface area contributed by atoms with Gasteiger partial charge in [-0.15, -0.1) is 0 Å². The fourth-order valence-electron chi connectivity index (χ4n) is 2.77. The van der Waals surface area contributed by atoms with Crippen molar-refractivity contribution in [2.24, 2.45) is 0 Å². The highest BCUT2D eigenvalue weighted by atomic mass is 32.1. The molecule has 1 aliphatic heterocycles. The van der Waals surface area contributed by atoms with Gasteiger partial charge in [0.05, 0.1) is 18.8 Å². The van der Waals surface area contributed by atoms with Crippen LogP contribution >= 0.6 is 11.3 Å². The van der Waals surface area contributed by atoms with E-state index < -0.39 is 0 Å². The van der Waals surface area contributed by atoms with Crippen molar-refractivity contribution < 1.29 is 0 Å². The van der Waals surface area contributed by atoms with Gasteiger partial charge in [0.25, 0.3) is 0 Å². The lowest BCUT2D eigenvalue weighted by Crippen LogP contribution is -2.33. The molecule has 0 saturated heterocycles. The molecule has 0 aliphatic carbocycles. The van der Waals surface area contributed by atoms with E-state index in [1.807, 2.05) is 16.9 Å². The summed E-state index contributed by atoms with van der Waals surface area (Å²) in [6.45, 7) is 4.79. The summed E-state index contributed by atoms with van der Waals surface area (Å²) in [6, 6.07) is 4.15. The molecule has 0 fully saturated rings. The van der Waals surface area contributed by atoms with Gasteiger partial charge in [0.2, 0.25) is 0 Å². The second-order valence-electron chi connectivity index (χ2n) is 5.39. The lowest BCUT2D eigenvalue weighted by molar-refractivity contribution is 0.209. The third kappa shape index (κ3) is 2.77. The van der Waals surface area contributed by atoms with Gasteiger partial charge in [0, 0.05) is 38.2 Å². The van der Waals surface area contributed by atoms with Gasteiger partial charge < -0.3 is 4.57 Å². The van der Waals surface area contributed by atoms with E-state index in [-0.39, 0.29) is 0 Å². The van der Waals surface area contributed by atoms with Gasteiger partial charge in [0.15, 0.2) is 0 Å². The first kappa shape index (κ1) is 12.8. The Labute approximate surface area is 127 Å². The molecule has 21 heavy (non-hydrogen) atoms. The van der Waals surface area contributed by atoms with E-state index in [1.165, 1.54) is 11.4 Å². The first-order chi connectivity index (χ1) is 10.4. The van der Waals surface area contributed by atoms with E-state index in [0.717, 1.165) is 38.4 Å². The van der Waals surface area contributed by atoms with Crippen molar-refractivity contribution in [1.29, 1.82) is 0 Å². The molecule has 0 N–H and O–H groups in total. The average molecular weight is 299 g/mol. The summed E-state index contributed by atoms with van der Waals surface area (Å²) in [5, 5.41) is 8.61. The first-order valence-corrected chi connectivity index (χ1v) is 8.07. The zero-order valence-corrected chi connectivity index (χ0v) is 12.5. The van der Waals surface area contributed by atoms with Gasteiger partial charge in [-0.1, -0.05) is 0 Å². The first-order valence-electron chi connectivity index (χ1n) is 7.12. The number of thiophene rings is 1. The molecule has 0 saturated carbocycles. The van der Waals surface area contributed by atoms with Crippen molar-refractivity contribution in [1.82, 2.24) is 24.2 Å². The van der Waals surface area contributed by atoms with E-state index >= 15 is 0 Å². The number of hydrogen-bond acceptors (Lipinski definition) is 4. The predicted octanol–water partition coefficient (Wildman–Crippen LogP) is 2.21. The number of hydrogen-bond donors (Lipinski definition) is 0. The largest absolute Gasteiger partial charge is 0.332 e. The minimum absolute atomic E-state index is 0.748. The fraction of sp³-hybridized carbons (Fsp3) is 0.333. The highest BCUT2D eigenvalue weighted by Crippen LogP contribution is 2.17. The van der Waals surface area contributed by atoms with Crippen LogP contribution in [0.15, 0.2) is 41.5 Å². The summed E-state index contributed by atoms with van der Waals surface area (Å²) in [5.41, 5.74) is 2.49. The van der Waals surface area contributed by atoms with E-state index in [1.54, 1.807) is 17.5 Å². The molecular weight excluding hydrogens is 282 g/mol. The minimum Gasteiger partial charge on any atom is -0.332 e. The molecule has 3 aromatic heterocycles. The van der Waals surface area contributed by atoms with Gasteiger partial charge in [-0.05, 0) is 28.5 Å². The molecule has 5 nitrogen and oxygen atoms in total. The molecule has 3 aromatic rings. The quantitative estimate of drug-likeness (QED) is 0.741. The summed E-state index contributed by atoms with van der Waals surface area (Å²) >= 11 is 1.76. The maximum atomic E-state index is 4.77. The van der Waals surface area contributed by atoms with Crippen LogP contribution < -0.4 is 0 Å². The summed E-state index contributed by atoms with van der Waals surface area (Å²) in [6.07, 6.45) is 5.94. The summed E-state index contributed by atoms with van der Waals surface area (Å²) in [4.78, 5) is 7.23. The highest BCUT2D eigenvalue weighted by Gasteiger charge is 2.18. The maximum absolute atomic E-state index is 4.77. The standard InChI is InChI=1S/C15H17N5S/c1-3-16-20(4-1)10-14-9-19-6-5-18(11-15(19)17-14)8-13-2-7-21-12-13/h1-4,7,9,12H,5-6,8,10-11H2.